The normalized spacial score (nSPS) is 10.5. The van der Waals surface area contributed by atoms with Gasteiger partial charge in [0.15, 0.2) is 5.69 Å². The molecule has 0 unspecified atom stereocenters. The van der Waals surface area contributed by atoms with Gasteiger partial charge in [-0.25, -0.2) is 9.78 Å². The van der Waals surface area contributed by atoms with E-state index in [1.807, 2.05) is 12.1 Å². The predicted octanol–water partition coefficient (Wildman–Crippen LogP) is 4.75. The molecule has 0 saturated carbocycles. The molecule has 3 aromatic rings. The largest absolute Gasteiger partial charge is 0.497 e. The first kappa shape index (κ1) is 17.3. The number of benzene rings is 2. The van der Waals surface area contributed by atoms with Crippen molar-refractivity contribution in [3.63, 3.8) is 0 Å². The average molecular weight is 376 g/mol. The van der Waals surface area contributed by atoms with E-state index in [4.69, 9.17) is 26.2 Å². The SMILES string of the molecule is COc1ccc(-c2nc(C(=O)O)cs2)c(OCc2ccc(Cl)cc2)c1. The van der Waals surface area contributed by atoms with E-state index in [1.165, 1.54) is 16.7 Å². The molecule has 1 aromatic heterocycles. The summed E-state index contributed by atoms with van der Waals surface area (Å²) in [6, 6.07) is 12.7. The molecule has 1 heterocycles. The van der Waals surface area contributed by atoms with Crippen molar-refractivity contribution >= 4 is 28.9 Å². The molecule has 7 heteroatoms. The van der Waals surface area contributed by atoms with Crippen LogP contribution in [-0.2, 0) is 6.61 Å². The highest BCUT2D eigenvalue weighted by molar-refractivity contribution is 7.13. The summed E-state index contributed by atoms with van der Waals surface area (Å²) in [5.74, 6) is 0.158. The third kappa shape index (κ3) is 4.10. The van der Waals surface area contributed by atoms with Crippen molar-refractivity contribution in [2.24, 2.45) is 0 Å². The maximum Gasteiger partial charge on any atom is 0.355 e. The average Bonchev–Trinajstić information content (AvgIpc) is 3.11. The van der Waals surface area contributed by atoms with E-state index in [9.17, 15) is 4.79 Å². The van der Waals surface area contributed by atoms with E-state index < -0.39 is 5.97 Å². The number of aromatic nitrogens is 1. The van der Waals surface area contributed by atoms with Crippen molar-refractivity contribution in [2.75, 3.05) is 7.11 Å². The molecule has 128 valence electrons. The number of aromatic carboxylic acids is 1. The third-order valence-corrected chi connectivity index (χ3v) is 4.58. The van der Waals surface area contributed by atoms with Crippen LogP contribution < -0.4 is 9.47 Å². The van der Waals surface area contributed by atoms with Crippen LogP contribution in [0.3, 0.4) is 0 Å². The molecule has 0 aliphatic rings. The van der Waals surface area contributed by atoms with Crippen LogP contribution in [0.1, 0.15) is 16.1 Å². The van der Waals surface area contributed by atoms with Gasteiger partial charge in [-0.05, 0) is 29.8 Å². The minimum Gasteiger partial charge on any atom is -0.497 e. The molecule has 0 fully saturated rings. The quantitative estimate of drug-likeness (QED) is 0.673. The molecule has 3 rings (SSSR count). The molecule has 0 saturated heterocycles. The van der Waals surface area contributed by atoms with E-state index in [0.29, 0.717) is 33.7 Å². The van der Waals surface area contributed by atoms with Gasteiger partial charge in [-0.1, -0.05) is 23.7 Å². The summed E-state index contributed by atoms with van der Waals surface area (Å²) in [6.45, 7) is 0.342. The highest BCUT2D eigenvalue weighted by Crippen LogP contribution is 2.35. The van der Waals surface area contributed by atoms with Crippen LogP contribution in [0, 0.1) is 0 Å². The standard InChI is InChI=1S/C18H14ClNO4S/c1-23-13-6-7-14(17-20-15(10-25-17)18(21)22)16(8-13)24-9-11-2-4-12(19)5-3-11/h2-8,10H,9H2,1H3,(H,21,22). The summed E-state index contributed by atoms with van der Waals surface area (Å²) < 4.78 is 11.2. The number of thiazole rings is 1. The smallest absolute Gasteiger partial charge is 0.355 e. The first-order valence-electron chi connectivity index (χ1n) is 7.31. The maximum atomic E-state index is 11.1. The topological polar surface area (TPSA) is 68.7 Å². The molecule has 0 spiro atoms. The number of nitrogens with zero attached hydrogens (tertiary/aromatic N) is 1. The first-order valence-corrected chi connectivity index (χ1v) is 8.57. The summed E-state index contributed by atoms with van der Waals surface area (Å²) in [6.07, 6.45) is 0. The zero-order valence-corrected chi connectivity index (χ0v) is 14.8. The summed E-state index contributed by atoms with van der Waals surface area (Å²) in [4.78, 5) is 15.2. The summed E-state index contributed by atoms with van der Waals surface area (Å²) in [7, 11) is 1.57. The van der Waals surface area contributed by atoms with Gasteiger partial charge in [0.2, 0.25) is 0 Å². The van der Waals surface area contributed by atoms with Crippen molar-refractivity contribution in [3.8, 4) is 22.1 Å². The molecule has 0 aliphatic carbocycles. The fourth-order valence-corrected chi connectivity index (χ4v) is 3.11. The number of methoxy groups -OCH3 is 1. The third-order valence-electron chi connectivity index (χ3n) is 3.45. The van der Waals surface area contributed by atoms with Crippen molar-refractivity contribution in [2.45, 2.75) is 6.61 Å². The maximum absolute atomic E-state index is 11.1. The number of hydrogen-bond donors (Lipinski definition) is 1. The molecule has 0 radical (unpaired) electrons. The molecule has 0 atom stereocenters. The number of carboxylic acids is 1. The Hall–Kier alpha value is -2.57. The molecular formula is C18H14ClNO4S. The summed E-state index contributed by atoms with van der Waals surface area (Å²) in [5, 5.41) is 11.8. The minimum absolute atomic E-state index is 0.0134. The molecule has 0 aliphatic heterocycles. The van der Waals surface area contributed by atoms with Gasteiger partial charge >= 0.3 is 5.97 Å². The van der Waals surface area contributed by atoms with Gasteiger partial charge in [0.1, 0.15) is 23.1 Å². The lowest BCUT2D eigenvalue weighted by molar-refractivity contribution is 0.0691. The molecule has 5 nitrogen and oxygen atoms in total. The summed E-state index contributed by atoms with van der Waals surface area (Å²) in [5.41, 5.74) is 1.69. The van der Waals surface area contributed by atoms with Crippen molar-refractivity contribution in [3.05, 3.63) is 64.1 Å². The number of ether oxygens (including phenoxy) is 2. The number of carbonyl (C=O) groups is 1. The summed E-state index contributed by atoms with van der Waals surface area (Å²) >= 11 is 7.14. The van der Waals surface area contributed by atoms with Crippen LogP contribution in [-0.4, -0.2) is 23.2 Å². The zero-order valence-electron chi connectivity index (χ0n) is 13.2. The molecular weight excluding hydrogens is 362 g/mol. The van der Waals surface area contributed by atoms with Gasteiger partial charge in [0.25, 0.3) is 0 Å². The lowest BCUT2D eigenvalue weighted by Gasteiger charge is -2.12. The van der Waals surface area contributed by atoms with Crippen LogP contribution in [0.2, 0.25) is 5.02 Å². The van der Waals surface area contributed by atoms with Crippen LogP contribution in [0.5, 0.6) is 11.5 Å². The second-order valence-electron chi connectivity index (χ2n) is 5.12. The van der Waals surface area contributed by atoms with E-state index in [0.717, 1.165) is 5.56 Å². The van der Waals surface area contributed by atoms with Gasteiger partial charge in [-0.15, -0.1) is 11.3 Å². The molecule has 0 amide bonds. The van der Waals surface area contributed by atoms with E-state index in [2.05, 4.69) is 4.98 Å². The van der Waals surface area contributed by atoms with Gasteiger partial charge in [0, 0.05) is 16.5 Å². The number of rotatable bonds is 6. The molecule has 0 bridgehead atoms. The number of halogens is 1. The van der Waals surface area contributed by atoms with Gasteiger partial charge in [0.05, 0.1) is 12.7 Å². The van der Waals surface area contributed by atoms with Crippen LogP contribution >= 0.6 is 22.9 Å². The van der Waals surface area contributed by atoms with Crippen molar-refractivity contribution in [1.82, 2.24) is 4.98 Å². The van der Waals surface area contributed by atoms with Gasteiger partial charge < -0.3 is 14.6 Å². The van der Waals surface area contributed by atoms with Crippen LogP contribution in [0.4, 0.5) is 0 Å². The molecule has 2 aromatic carbocycles. The van der Waals surface area contributed by atoms with Crippen molar-refractivity contribution in [1.29, 1.82) is 0 Å². The second kappa shape index (κ2) is 7.55. The number of carboxylic acid groups (broad SMARTS) is 1. The van der Waals surface area contributed by atoms with E-state index in [1.54, 1.807) is 37.4 Å². The van der Waals surface area contributed by atoms with Gasteiger partial charge in [-0.2, -0.15) is 0 Å². The monoisotopic (exact) mass is 375 g/mol. The van der Waals surface area contributed by atoms with Crippen LogP contribution in [0.25, 0.3) is 10.6 Å². The zero-order chi connectivity index (χ0) is 17.8. The Bertz CT molecular complexity index is 892. The van der Waals surface area contributed by atoms with Crippen LogP contribution in [0.15, 0.2) is 47.8 Å². The first-order chi connectivity index (χ1) is 12.1. The lowest BCUT2D eigenvalue weighted by atomic mass is 10.2. The Labute approximate surface area is 153 Å². The number of hydrogen-bond acceptors (Lipinski definition) is 5. The Balaban J connectivity index is 1.89. The predicted molar refractivity (Wildman–Crippen MR) is 96.8 cm³/mol. The second-order valence-corrected chi connectivity index (χ2v) is 6.41. The van der Waals surface area contributed by atoms with Crippen molar-refractivity contribution < 1.29 is 19.4 Å². The molecule has 25 heavy (non-hydrogen) atoms. The lowest BCUT2D eigenvalue weighted by Crippen LogP contribution is -1.99. The minimum atomic E-state index is -1.06. The Morgan fingerprint density at radius 3 is 2.64 bits per heavy atom. The van der Waals surface area contributed by atoms with E-state index >= 15 is 0 Å². The Morgan fingerprint density at radius 2 is 2.00 bits per heavy atom. The van der Waals surface area contributed by atoms with Gasteiger partial charge in [-0.3, -0.25) is 0 Å². The fraction of sp³-hybridized carbons (Fsp3) is 0.111. The van der Waals surface area contributed by atoms with E-state index in [-0.39, 0.29) is 5.69 Å². The Kier molecular flexibility index (Phi) is 5.21. The highest BCUT2D eigenvalue weighted by atomic mass is 35.5. The fourth-order valence-electron chi connectivity index (χ4n) is 2.16. The molecule has 1 N–H and O–H groups in total. The Morgan fingerprint density at radius 1 is 1.24 bits per heavy atom. The highest BCUT2D eigenvalue weighted by Gasteiger charge is 2.15.